The molecule has 0 bridgehead atoms. The first-order valence-electron chi connectivity index (χ1n) is 6.46. The van der Waals surface area contributed by atoms with Gasteiger partial charge in [-0.1, -0.05) is 23.2 Å². The van der Waals surface area contributed by atoms with E-state index in [0.29, 0.717) is 32.4 Å². The summed E-state index contributed by atoms with van der Waals surface area (Å²) in [4.78, 5) is 14.0. The Kier molecular flexibility index (Phi) is 4.57. The van der Waals surface area contributed by atoms with E-state index in [2.05, 4.69) is 0 Å². The molecule has 1 aromatic rings. The lowest BCUT2D eigenvalue weighted by molar-refractivity contribution is 0.0438. The van der Waals surface area contributed by atoms with Crippen LogP contribution in [-0.4, -0.2) is 34.6 Å². The third-order valence-electron chi connectivity index (χ3n) is 3.59. The average Bonchev–Trinajstić information content (AvgIpc) is 2.54. The largest absolute Gasteiger partial charge is 0.390 e. The van der Waals surface area contributed by atoms with E-state index in [1.54, 1.807) is 11.8 Å². The van der Waals surface area contributed by atoms with Crippen molar-refractivity contribution in [1.82, 2.24) is 4.90 Å². The van der Waals surface area contributed by atoms with Crippen molar-refractivity contribution in [2.75, 3.05) is 13.1 Å². The molecule has 1 amide bonds. The lowest BCUT2D eigenvalue weighted by atomic mass is 9.98. The number of carbonyl (C=O) groups is 1. The van der Waals surface area contributed by atoms with Gasteiger partial charge in [0.2, 0.25) is 0 Å². The van der Waals surface area contributed by atoms with Crippen LogP contribution in [0.25, 0.3) is 0 Å². The van der Waals surface area contributed by atoms with Crippen LogP contribution in [0.2, 0.25) is 10.0 Å². The Morgan fingerprint density at radius 1 is 1.30 bits per heavy atom. The van der Waals surface area contributed by atoms with Crippen LogP contribution in [-0.2, 0) is 0 Å². The molecular weight excluding hydrogens is 304 g/mol. The summed E-state index contributed by atoms with van der Waals surface area (Å²) in [6, 6.07) is 2.30. The maximum Gasteiger partial charge on any atom is 0.255 e. The van der Waals surface area contributed by atoms with Crippen LogP contribution in [0.3, 0.4) is 0 Å². The van der Waals surface area contributed by atoms with Gasteiger partial charge >= 0.3 is 0 Å². The summed E-state index contributed by atoms with van der Waals surface area (Å²) in [5, 5.41) is 10.0. The number of rotatable bonds is 1. The van der Waals surface area contributed by atoms with E-state index in [-0.39, 0.29) is 21.5 Å². The number of halogens is 3. The summed E-state index contributed by atoms with van der Waals surface area (Å²) in [7, 11) is 0. The Morgan fingerprint density at radius 3 is 2.70 bits per heavy atom. The minimum atomic E-state index is -0.760. The first kappa shape index (κ1) is 15.5. The van der Waals surface area contributed by atoms with Gasteiger partial charge in [-0.05, 0) is 38.3 Å². The highest BCUT2D eigenvalue weighted by Crippen LogP contribution is 2.27. The van der Waals surface area contributed by atoms with E-state index in [0.717, 1.165) is 6.07 Å². The van der Waals surface area contributed by atoms with Gasteiger partial charge in [0.05, 0.1) is 21.2 Å². The molecule has 1 aliphatic heterocycles. The summed E-state index contributed by atoms with van der Waals surface area (Å²) in [5.41, 5.74) is -0.653. The number of benzene rings is 1. The summed E-state index contributed by atoms with van der Waals surface area (Å²) in [6.45, 7) is 2.71. The van der Waals surface area contributed by atoms with Gasteiger partial charge in [-0.25, -0.2) is 4.39 Å². The molecule has 1 atom stereocenters. The number of aliphatic hydroxyl groups is 1. The van der Waals surface area contributed by atoms with Gasteiger partial charge < -0.3 is 10.0 Å². The van der Waals surface area contributed by atoms with Gasteiger partial charge in [-0.15, -0.1) is 0 Å². The van der Waals surface area contributed by atoms with Crippen LogP contribution < -0.4 is 0 Å². The Labute approximate surface area is 127 Å². The quantitative estimate of drug-likeness (QED) is 0.805. The molecule has 0 aromatic heterocycles. The molecule has 2 rings (SSSR count). The molecule has 0 aliphatic carbocycles. The van der Waals surface area contributed by atoms with Gasteiger partial charge in [-0.2, -0.15) is 0 Å². The molecule has 1 saturated heterocycles. The molecule has 110 valence electrons. The summed E-state index contributed by atoms with van der Waals surface area (Å²) < 4.78 is 13.5. The van der Waals surface area contributed by atoms with Crippen LogP contribution >= 0.6 is 23.2 Å². The molecule has 1 unspecified atom stereocenters. The molecule has 0 spiro atoms. The minimum Gasteiger partial charge on any atom is -0.390 e. The molecule has 20 heavy (non-hydrogen) atoms. The predicted octanol–water partition coefficient (Wildman–Crippen LogP) is 3.51. The highest BCUT2D eigenvalue weighted by atomic mass is 35.5. The molecule has 0 radical (unpaired) electrons. The zero-order valence-corrected chi connectivity index (χ0v) is 12.6. The number of amides is 1. The van der Waals surface area contributed by atoms with E-state index in [9.17, 15) is 14.3 Å². The monoisotopic (exact) mass is 319 g/mol. The van der Waals surface area contributed by atoms with E-state index >= 15 is 0 Å². The second kappa shape index (κ2) is 5.88. The second-order valence-electron chi connectivity index (χ2n) is 5.39. The zero-order chi connectivity index (χ0) is 14.9. The highest BCUT2D eigenvalue weighted by Gasteiger charge is 2.28. The van der Waals surface area contributed by atoms with Crippen molar-refractivity contribution >= 4 is 29.1 Å². The molecule has 1 N–H and O–H groups in total. The van der Waals surface area contributed by atoms with Crippen molar-refractivity contribution in [3.63, 3.8) is 0 Å². The minimum absolute atomic E-state index is 0.106. The third-order valence-corrected chi connectivity index (χ3v) is 4.19. The van der Waals surface area contributed by atoms with Crippen LogP contribution in [0.4, 0.5) is 4.39 Å². The lowest BCUT2D eigenvalue weighted by Gasteiger charge is -2.23. The van der Waals surface area contributed by atoms with E-state index in [4.69, 9.17) is 23.2 Å². The smallest absolute Gasteiger partial charge is 0.255 e. The SMILES string of the molecule is CC1(O)CCCN(C(=O)c2cc(F)c(Cl)cc2Cl)CC1. The topological polar surface area (TPSA) is 40.5 Å². The van der Waals surface area contributed by atoms with Crippen molar-refractivity contribution in [3.05, 3.63) is 33.6 Å². The number of nitrogens with zero attached hydrogens (tertiary/aromatic N) is 1. The molecule has 6 heteroatoms. The first-order chi connectivity index (χ1) is 9.30. The normalized spacial score (nSPS) is 23.6. The van der Waals surface area contributed by atoms with Crippen molar-refractivity contribution in [3.8, 4) is 0 Å². The zero-order valence-electron chi connectivity index (χ0n) is 11.1. The fourth-order valence-electron chi connectivity index (χ4n) is 2.32. The van der Waals surface area contributed by atoms with Crippen LogP contribution in [0.5, 0.6) is 0 Å². The molecule has 1 aliphatic rings. The predicted molar refractivity (Wildman–Crippen MR) is 76.8 cm³/mol. The number of hydrogen-bond acceptors (Lipinski definition) is 2. The van der Waals surface area contributed by atoms with Gasteiger partial charge in [0.15, 0.2) is 0 Å². The van der Waals surface area contributed by atoms with E-state index in [1.807, 2.05) is 0 Å². The Hall–Kier alpha value is -0.840. The summed E-state index contributed by atoms with van der Waals surface area (Å²) in [6.07, 6.45) is 1.83. The summed E-state index contributed by atoms with van der Waals surface area (Å²) in [5.74, 6) is -0.996. The lowest BCUT2D eigenvalue weighted by Crippen LogP contribution is -2.33. The van der Waals surface area contributed by atoms with Crippen molar-refractivity contribution in [2.24, 2.45) is 0 Å². The van der Waals surface area contributed by atoms with Crippen molar-refractivity contribution in [1.29, 1.82) is 0 Å². The number of likely N-dealkylation sites (tertiary alicyclic amines) is 1. The fraction of sp³-hybridized carbons (Fsp3) is 0.500. The summed E-state index contributed by atoms with van der Waals surface area (Å²) >= 11 is 11.6. The average molecular weight is 320 g/mol. The van der Waals surface area contributed by atoms with E-state index in [1.165, 1.54) is 6.07 Å². The van der Waals surface area contributed by atoms with Gasteiger partial charge in [0.1, 0.15) is 5.82 Å². The van der Waals surface area contributed by atoms with E-state index < -0.39 is 11.4 Å². The number of carbonyl (C=O) groups excluding carboxylic acids is 1. The molecule has 1 aromatic carbocycles. The maximum absolute atomic E-state index is 13.5. The molecular formula is C14H16Cl2FNO2. The molecule has 0 saturated carbocycles. The maximum atomic E-state index is 13.5. The fourth-order valence-corrected chi connectivity index (χ4v) is 2.79. The Balaban J connectivity index is 2.21. The molecule has 1 fully saturated rings. The Bertz CT molecular complexity index is 534. The molecule has 3 nitrogen and oxygen atoms in total. The van der Waals surface area contributed by atoms with Gasteiger partial charge in [-0.3, -0.25) is 4.79 Å². The van der Waals surface area contributed by atoms with Crippen molar-refractivity contribution < 1.29 is 14.3 Å². The highest BCUT2D eigenvalue weighted by molar-refractivity contribution is 6.36. The Morgan fingerprint density at radius 2 is 2.00 bits per heavy atom. The van der Waals surface area contributed by atoms with Crippen LogP contribution in [0.1, 0.15) is 36.5 Å². The van der Waals surface area contributed by atoms with Gasteiger partial charge in [0.25, 0.3) is 5.91 Å². The second-order valence-corrected chi connectivity index (χ2v) is 6.20. The third kappa shape index (κ3) is 3.43. The van der Waals surface area contributed by atoms with Crippen LogP contribution in [0.15, 0.2) is 12.1 Å². The first-order valence-corrected chi connectivity index (χ1v) is 7.22. The standard InChI is InChI=1S/C14H16Cl2FNO2/c1-14(20)3-2-5-18(6-4-14)13(19)9-7-12(17)11(16)8-10(9)15/h7-8,20H,2-6H2,1H3. The van der Waals surface area contributed by atoms with Crippen LogP contribution in [0, 0.1) is 5.82 Å². The number of hydrogen-bond donors (Lipinski definition) is 1. The van der Waals surface area contributed by atoms with Crippen molar-refractivity contribution in [2.45, 2.75) is 31.8 Å². The molecule has 1 heterocycles. The van der Waals surface area contributed by atoms with Gasteiger partial charge in [0, 0.05) is 13.1 Å².